The van der Waals surface area contributed by atoms with E-state index in [1.807, 2.05) is 44.2 Å². The molecule has 0 radical (unpaired) electrons. The van der Waals surface area contributed by atoms with Gasteiger partial charge in [0.2, 0.25) is 0 Å². The van der Waals surface area contributed by atoms with Crippen molar-refractivity contribution in [2.75, 3.05) is 11.9 Å². The highest BCUT2D eigenvalue weighted by Gasteiger charge is 2.11. The van der Waals surface area contributed by atoms with E-state index in [4.69, 9.17) is 0 Å². The first-order valence-corrected chi connectivity index (χ1v) is 7.32. The summed E-state index contributed by atoms with van der Waals surface area (Å²) in [6.07, 6.45) is 0.0765. The van der Waals surface area contributed by atoms with Crippen molar-refractivity contribution >= 4 is 11.8 Å². The summed E-state index contributed by atoms with van der Waals surface area (Å²) in [6, 6.07) is 9.04. The molecule has 118 valence electrons. The molecule has 0 aliphatic carbocycles. The smallest absolute Gasteiger partial charge is 0.320 e. The van der Waals surface area contributed by atoms with E-state index < -0.39 is 6.10 Å². The molecule has 1 aromatic carbocycles. The van der Waals surface area contributed by atoms with E-state index >= 15 is 0 Å². The third kappa shape index (κ3) is 4.08. The third-order valence-corrected chi connectivity index (χ3v) is 3.45. The van der Waals surface area contributed by atoms with Gasteiger partial charge >= 0.3 is 6.03 Å². The molecule has 1 unspecified atom stereocenters. The van der Waals surface area contributed by atoms with Crippen LogP contribution in [0.4, 0.5) is 10.6 Å². The van der Waals surface area contributed by atoms with Crippen LogP contribution in [0.15, 0.2) is 30.3 Å². The van der Waals surface area contributed by atoms with E-state index in [-0.39, 0.29) is 12.6 Å². The molecular weight excluding hydrogens is 280 g/mol. The van der Waals surface area contributed by atoms with Crippen molar-refractivity contribution in [3.8, 4) is 0 Å². The SMILES string of the molecule is CCc1cc(NC(=O)NCC(O)c2ccc(C)cc2)n(C)n1. The van der Waals surface area contributed by atoms with Gasteiger partial charge in [0.15, 0.2) is 0 Å². The molecule has 0 spiro atoms. The van der Waals surface area contributed by atoms with Gasteiger partial charge in [0.25, 0.3) is 0 Å². The summed E-state index contributed by atoms with van der Waals surface area (Å²) in [6.45, 7) is 4.14. The van der Waals surface area contributed by atoms with Crippen LogP contribution < -0.4 is 10.6 Å². The molecule has 2 rings (SSSR count). The second-order valence-electron chi connectivity index (χ2n) is 5.26. The first-order chi connectivity index (χ1) is 10.5. The summed E-state index contributed by atoms with van der Waals surface area (Å²) in [5, 5.41) is 19.7. The van der Waals surface area contributed by atoms with Crippen LogP contribution in [0, 0.1) is 6.92 Å². The minimum absolute atomic E-state index is 0.146. The van der Waals surface area contributed by atoms with Gasteiger partial charge in [-0.25, -0.2) is 4.79 Å². The fourth-order valence-electron chi connectivity index (χ4n) is 2.07. The number of nitrogens with zero attached hydrogens (tertiary/aromatic N) is 2. The van der Waals surface area contributed by atoms with Crippen molar-refractivity contribution < 1.29 is 9.90 Å². The normalized spacial score (nSPS) is 12.0. The highest BCUT2D eigenvalue weighted by atomic mass is 16.3. The Morgan fingerprint density at radius 1 is 1.36 bits per heavy atom. The standard InChI is InChI=1S/C16H22N4O2/c1-4-13-9-15(20(3)19-13)18-16(22)17-10-14(21)12-7-5-11(2)6-8-12/h5-9,14,21H,4,10H2,1-3H3,(H2,17,18,22). The molecule has 1 aromatic heterocycles. The number of aliphatic hydroxyl groups is 1. The Morgan fingerprint density at radius 3 is 2.64 bits per heavy atom. The summed E-state index contributed by atoms with van der Waals surface area (Å²) in [5.74, 6) is 0.624. The number of hydrogen-bond donors (Lipinski definition) is 3. The van der Waals surface area contributed by atoms with E-state index in [0.717, 1.165) is 23.2 Å². The Bertz CT molecular complexity index is 634. The average molecular weight is 302 g/mol. The summed E-state index contributed by atoms with van der Waals surface area (Å²) >= 11 is 0. The van der Waals surface area contributed by atoms with Gasteiger partial charge in [0.1, 0.15) is 5.82 Å². The lowest BCUT2D eigenvalue weighted by molar-refractivity contribution is 0.175. The van der Waals surface area contributed by atoms with Gasteiger partial charge in [-0.15, -0.1) is 0 Å². The summed E-state index contributed by atoms with van der Waals surface area (Å²) < 4.78 is 1.62. The van der Waals surface area contributed by atoms with E-state index in [9.17, 15) is 9.90 Å². The number of benzene rings is 1. The molecule has 1 heterocycles. The predicted octanol–water partition coefficient (Wildman–Crippen LogP) is 2.15. The van der Waals surface area contributed by atoms with E-state index in [1.165, 1.54) is 0 Å². The highest BCUT2D eigenvalue weighted by Crippen LogP contribution is 2.13. The molecule has 0 bridgehead atoms. The number of aryl methyl sites for hydroxylation is 3. The number of aromatic nitrogens is 2. The third-order valence-electron chi connectivity index (χ3n) is 3.45. The van der Waals surface area contributed by atoms with Crippen LogP contribution in [0.3, 0.4) is 0 Å². The molecular formula is C16H22N4O2. The van der Waals surface area contributed by atoms with Gasteiger partial charge in [0.05, 0.1) is 11.8 Å². The maximum Gasteiger partial charge on any atom is 0.320 e. The van der Waals surface area contributed by atoms with Crippen LogP contribution in [0.25, 0.3) is 0 Å². The first kappa shape index (κ1) is 16.0. The molecule has 2 amide bonds. The zero-order chi connectivity index (χ0) is 16.1. The van der Waals surface area contributed by atoms with Crippen molar-refractivity contribution in [2.24, 2.45) is 7.05 Å². The number of carbonyl (C=O) groups is 1. The number of anilines is 1. The molecule has 1 atom stereocenters. The fourth-order valence-corrected chi connectivity index (χ4v) is 2.07. The van der Waals surface area contributed by atoms with Crippen molar-refractivity contribution in [3.63, 3.8) is 0 Å². The number of hydrogen-bond acceptors (Lipinski definition) is 3. The van der Waals surface area contributed by atoms with Gasteiger partial charge in [-0.3, -0.25) is 10.00 Å². The minimum atomic E-state index is -0.732. The zero-order valence-electron chi connectivity index (χ0n) is 13.1. The molecule has 0 fully saturated rings. The lowest BCUT2D eigenvalue weighted by atomic mass is 10.1. The molecule has 0 aliphatic heterocycles. The molecule has 0 saturated heterocycles. The summed E-state index contributed by atoms with van der Waals surface area (Å²) in [5.41, 5.74) is 2.82. The first-order valence-electron chi connectivity index (χ1n) is 7.32. The number of carbonyl (C=O) groups excluding carboxylic acids is 1. The highest BCUT2D eigenvalue weighted by molar-refractivity contribution is 5.88. The number of aliphatic hydroxyl groups excluding tert-OH is 1. The zero-order valence-corrected chi connectivity index (χ0v) is 13.1. The number of rotatable bonds is 5. The molecule has 22 heavy (non-hydrogen) atoms. The van der Waals surface area contributed by atoms with Crippen molar-refractivity contribution in [1.29, 1.82) is 0 Å². The van der Waals surface area contributed by atoms with Crippen molar-refractivity contribution in [3.05, 3.63) is 47.2 Å². The number of amides is 2. The van der Waals surface area contributed by atoms with E-state index in [0.29, 0.717) is 5.82 Å². The maximum absolute atomic E-state index is 11.9. The van der Waals surface area contributed by atoms with Crippen LogP contribution in [0.1, 0.15) is 29.8 Å². The van der Waals surface area contributed by atoms with Gasteiger partial charge in [-0.05, 0) is 18.9 Å². The largest absolute Gasteiger partial charge is 0.387 e. The van der Waals surface area contributed by atoms with Crippen LogP contribution in [0.5, 0.6) is 0 Å². The van der Waals surface area contributed by atoms with Crippen LogP contribution in [0.2, 0.25) is 0 Å². The lowest BCUT2D eigenvalue weighted by Crippen LogP contribution is -2.33. The molecule has 0 aliphatic rings. The van der Waals surface area contributed by atoms with E-state index in [2.05, 4.69) is 15.7 Å². The lowest BCUT2D eigenvalue weighted by Gasteiger charge is -2.13. The fraction of sp³-hybridized carbons (Fsp3) is 0.375. The Morgan fingerprint density at radius 2 is 2.05 bits per heavy atom. The summed E-state index contributed by atoms with van der Waals surface area (Å²) in [4.78, 5) is 11.9. The van der Waals surface area contributed by atoms with Crippen molar-refractivity contribution in [1.82, 2.24) is 15.1 Å². The average Bonchev–Trinajstić information content (AvgIpc) is 2.86. The van der Waals surface area contributed by atoms with Gasteiger partial charge in [-0.2, -0.15) is 5.10 Å². The number of urea groups is 1. The van der Waals surface area contributed by atoms with Gasteiger partial charge in [-0.1, -0.05) is 36.8 Å². The topological polar surface area (TPSA) is 79.2 Å². The monoisotopic (exact) mass is 302 g/mol. The molecule has 6 heteroatoms. The number of nitrogens with one attached hydrogen (secondary N) is 2. The molecule has 3 N–H and O–H groups in total. The Kier molecular flexibility index (Phi) is 5.16. The molecule has 0 saturated carbocycles. The Balaban J connectivity index is 1.86. The second kappa shape index (κ2) is 7.09. The quantitative estimate of drug-likeness (QED) is 0.792. The Labute approximate surface area is 130 Å². The van der Waals surface area contributed by atoms with Crippen LogP contribution in [-0.4, -0.2) is 27.5 Å². The van der Waals surface area contributed by atoms with Gasteiger partial charge in [0, 0.05) is 19.7 Å². The summed E-state index contributed by atoms with van der Waals surface area (Å²) in [7, 11) is 1.77. The van der Waals surface area contributed by atoms with Crippen LogP contribution in [-0.2, 0) is 13.5 Å². The molecule has 6 nitrogen and oxygen atoms in total. The second-order valence-corrected chi connectivity index (χ2v) is 5.26. The minimum Gasteiger partial charge on any atom is -0.387 e. The van der Waals surface area contributed by atoms with Crippen LogP contribution >= 0.6 is 0 Å². The maximum atomic E-state index is 11.9. The Hall–Kier alpha value is -2.34. The van der Waals surface area contributed by atoms with E-state index in [1.54, 1.807) is 11.7 Å². The van der Waals surface area contributed by atoms with Gasteiger partial charge < -0.3 is 10.4 Å². The van der Waals surface area contributed by atoms with Crippen molar-refractivity contribution in [2.45, 2.75) is 26.4 Å². The molecule has 2 aromatic rings. The predicted molar refractivity (Wildman–Crippen MR) is 85.7 cm³/mol.